The third kappa shape index (κ3) is 25.6. The zero-order valence-electron chi connectivity index (χ0n) is 58.3. The van der Waals surface area contributed by atoms with Crippen LogP contribution in [0, 0.1) is 0 Å². The number of rotatable bonds is 27. The van der Waals surface area contributed by atoms with Gasteiger partial charge in [-0.25, -0.2) is 0 Å². The van der Waals surface area contributed by atoms with Gasteiger partial charge in [0.1, 0.15) is 122 Å². The van der Waals surface area contributed by atoms with E-state index in [2.05, 4.69) is 6.58 Å². The van der Waals surface area contributed by atoms with Gasteiger partial charge in [0.25, 0.3) is 0 Å². The summed E-state index contributed by atoms with van der Waals surface area (Å²) in [5.74, 6) is 0. The molecular formula is C60H118O32. The molecule has 0 aromatic heterocycles. The van der Waals surface area contributed by atoms with E-state index in [-0.39, 0.29) is 104 Å². The normalized spacial score (nSPS) is 40.3. The van der Waals surface area contributed by atoms with Gasteiger partial charge in [-0.05, 0) is 41.5 Å². The van der Waals surface area contributed by atoms with Crippen LogP contribution in [0.15, 0.2) is 12.7 Å². The summed E-state index contributed by atoms with van der Waals surface area (Å²) in [6, 6.07) is 0. The highest BCUT2D eigenvalue weighted by molar-refractivity contribution is 4.95. The Kier molecular flexibility index (Phi) is 47.2. The molecule has 6 rings (SSSR count). The topological polar surface area (TPSA) is 361 Å². The lowest BCUT2D eigenvalue weighted by Gasteiger charge is -2.43. The van der Waals surface area contributed by atoms with E-state index in [1.807, 2.05) is 41.5 Å². The molecule has 0 saturated carbocycles. The minimum Gasteiger partial charge on any atom is -0.382 e. The summed E-state index contributed by atoms with van der Waals surface area (Å²) in [4.78, 5) is 0. The standard InChI is InChI=1S/C12H24O5.C11H20O5.2C10H20O6.C9H18O5.C8H16O5/c1-5-14-9-8(4)17-12(13)11(16-7-3)10(9)15-6-2;1-5-6-15-9-8(13-3)7(2)16-11(12)10(9)14-4;2*1-12-5-6-7(13-2)8(14-3)9(15-4)10(11)16-6;1-5-6(11-2)7(12-3)8(13-4)9(10)14-5;1-10-5-4-13-8(9)7(12-3)6(5)11-2/h8-13H,5-7H2,1-4H3;5,7-12H,1,6H2,2-4H3;2*6-11H,5H2,1-4H3;5-10H,1-4H3;5-9H,4H2,1-3H3/t8-,9-,10+,11+,12?;7-,8-,9+,10+,11?;6-,7-,8+,9+,10?;6-,7-,8+,9-,10?;5-,6+,7+,8-,9?;5-,6+,7+,8?/m000100/s1. The van der Waals surface area contributed by atoms with Crippen LogP contribution in [0.4, 0.5) is 0 Å². The van der Waals surface area contributed by atoms with Crippen molar-refractivity contribution in [2.45, 2.75) is 220 Å². The first-order valence-electron chi connectivity index (χ1n) is 30.5. The maximum Gasteiger partial charge on any atom is 0.184 e. The maximum atomic E-state index is 9.87. The van der Waals surface area contributed by atoms with Crippen molar-refractivity contribution in [2.24, 2.45) is 0 Å². The second-order valence-electron chi connectivity index (χ2n) is 21.2. The molecule has 6 N–H and O–H groups in total. The first kappa shape index (κ1) is 88.5. The molecule has 0 radical (unpaired) electrons. The number of hydrogen-bond acceptors (Lipinski definition) is 32. The van der Waals surface area contributed by atoms with Crippen LogP contribution in [0.3, 0.4) is 0 Å². The highest BCUT2D eigenvalue weighted by Gasteiger charge is 2.50. The summed E-state index contributed by atoms with van der Waals surface area (Å²) < 4.78 is 137. The van der Waals surface area contributed by atoms with Crippen LogP contribution in [0.2, 0.25) is 0 Å². The Morgan fingerprint density at radius 3 is 0.935 bits per heavy atom. The summed E-state index contributed by atoms with van der Waals surface area (Å²) >= 11 is 0. The quantitative estimate of drug-likeness (QED) is 0.0549. The molecule has 550 valence electrons. The molecule has 29 atom stereocenters. The van der Waals surface area contributed by atoms with Gasteiger partial charge in [-0.3, -0.25) is 0 Å². The molecule has 6 aliphatic rings. The Bertz CT molecular complexity index is 1700. The average molecular weight is 1350 g/mol. The van der Waals surface area contributed by atoms with E-state index in [0.29, 0.717) is 46.2 Å². The average Bonchev–Trinajstić information content (AvgIpc) is 1.09. The largest absolute Gasteiger partial charge is 0.382 e. The number of methoxy groups -OCH3 is 16. The molecule has 0 aromatic rings. The fourth-order valence-corrected chi connectivity index (χ4v) is 11.4. The SMILES string of the molecule is C=CCO[C@@H]1[C@@H](OC)[C@H](C)OC(O)[C@@H]1OC.CCO[C@@H]1[C@@H](OCC)[C@@H](OCC)C(O)O[C@H]1C.COC[C@@H]1OC(O)[C@H](OC)[C@H](OC)[C@H]1OC.COC[C@H]1OC(O)[C@H](OC)[C@@H](OC)[C@@H]1OC.CO[C@@H]1[C@@H](OC)COC(O)[C@@H]1OC.CO[C@@H]1[C@H](OC)[C@H](C)OC(O)[C@H]1OC. The van der Waals surface area contributed by atoms with Gasteiger partial charge in [-0.15, -0.1) is 6.58 Å². The van der Waals surface area contributed by atoms with Crippen LogP contribution >= 0.6 is 0 Å². The van der Waals surface area contributed by atoms with Crippen LogP contribution in [-0.2, 0) is 123 Å². The molecule has 0 amide bonds. The van der Waals surface area contributed by atoms with E-state index in [0.717, 1.165) is 0 Å². The number of ether oxygens (including phenoxy) is 26. The van der Waals surface area contributed by atoms with Gasteiger partial charge >= 0.3 is 0 Å². The molecule has 6 aliphatic heterocycles. The van der Waals surface area contributed by atoms with Crippen molar-refractivity contribution >= 4 is 0 Å². The Balaban J connectivity index is 0.000000553. The summed E-state index contributed by atoms with van der Waals surface area (Å²) in [7, 11) is 24.7. The van der Waals surface area contributed by atoms with E-state index in [4.69, 9.17) is 123 Å². The molecule has 32 nitrogen and oxygen atoms in total. The van der Waals surface area contributed by atoms with E-state index < -0.39 is 74.4 Å². The second-order valence-corrected chi connectivity index (χ2v) is 21.2. The van der Waals surface area contributed by atoms with Crippen LogP contribution in [0.1, 0.15) is 41.5 Å². The van der Waals surface area contributed by atoms with Gasteiger partial charge in [0.05, 0.1) is 44.7 Å². The number of aliphatic hydroxyl groups is 6. The van der Waals surface area contributed by atoms with E-state index >= 15 is 0 Å². The maximum absolute atomic E-state index is 9.87. The van der Waals surface area contributed by atoms with Crippen LogP contribution in [0.25, 0.3) is 0 Å². The Hall–Kier alpha value is -1.54. The first-order chi connectivity index (χ1) is 44.1. The Morgan fingerprint density at radius 1 is 0.315 bits per heavy atom. The third-order valence-electron chi connectivity index (χ3n) is 15.8. The summed E-state index contributed by atoms with van der Waals surface area (Å²) in [6.07, 6.45) is -12.5. The molecule has 0 spiro atoms. The van der Waals surface area contributed by atoms with Gasteiger partial charge < -0.3 is 154 Å². The smallest absolute Gasteiger partial charge is 0.184 e. The van der Waals surface area contributed by atoms with Gasteiger partial charge in [0.2, 0.25) is 0 Å². The predicted molar refractivity (Wildman–Crippen MR) is 324 cm³/mol. The summed E-state index contributed by atoms with van der Waals surface area (Å²) in [5, 5.41) is 58.0. The molecule has 6 fully saturated rings. The molecule has 6 saturated heterocycles. The molecule has 92 heavy (non-hydrogen) atoms. The molecule has 0 aromatic carbocycles. The summed E-state index contributed by atoms with van der Waals surface area (Å²) in [6.45, 7) is 17.8. The van der Waals surface area contributed by atoms with Crippen molar-refractivity contribution in [3.63, 3.8) is 0 Å². The first-order valence-corrected chi connectivity index (χ1v) is 30.5. The van der Waals surface area contributed by atoms with Crippen LogP contribution in [0.5, 0.6) is 0 Å². The fourth-order valence-electron chi connectivity index (χ4n) is 11.4. The lowest BCUT2D eigenvalue weighted by Crippen LogP contribution is -2.60. The summed E-state index contributed by atoms with van der Waals surface area (Å²) in [5.41, 5.74) is 0. The van der Waals surface area contributed by atoms with Crippen molar-refractivity contribution in [1.82, 2.24) is 0 Å². The minimum atomic E-state index is -1.04. The fraction of sp³-hybridized carbons (Fsp3) is 0.967. The highest BCUT2D eigenvalue weighted by Crippen LogP contribution is 2.31. The van der Waals surface area contributed by atoms with Gasteiger partial charge in [0.15, 0.2) is 37.7 Å². The minimum absolute atomic E-state index is 0.196. The molecule has 32 heteroatoms. The monoisotopic (exact) mass is 1350 g/mol. The second kappa shape index (κ2) is 49.1. The van der Waals surface area contributed by atoms with Crippen LogP contribution < -0.4 is 0 Å². The van der Waals surface area contributed by atoms with Crippen molar-refractivity contribution in [2.75, 3.05) is 160 Å². The van der Waals surface area contributed by atoms with Crippen molar-refractivity contribution in [3.05, 3.63) is 12.7 Å². The number of hydrogen-bond donors (Lipinski definition) is 6. The molecular weight excluding hydrogens is 1230 g/mol. The van der Waals surface area contributed by atoms with Crippen molar-refractivity contribution < 1.29 is 154 Å². The molecule has 6 unspecified atom stereocenters. The van der Waals surface area contributed by atoms with Crippen LogP contribution in [-0.4, -0.2) is 369 Å². The van der Waals surface area contributed by atoms with Crippen molar-refractivity contribution in [1.29, 1.82) is 0 Å². The molecule has 0 bridgehead atoms. The van der Waals surface area contributed by atoms with Gasteiger partial charge in [0, 0.05) is 134 Å². The predicted octanol–water partition coefficient (Wildman–Crippen LogP) is -0.798. The Labute approximate surface area is 544 Å². The van der Waals surface area contributed by atoms with Gasteiger partial charge in [-0.1, -0.05) is 6.08 Å². The highest BCUT2D eigenvalue weighted by atomic mass is 16.7. The number of aliphatic hydroxyl groups excluding tert-OH is 6. The van der Waals surface area contributed by atoms with E-state index in [1.165, 1.54) is 35.5 Å². The van der Waals surface area contributed by atoms with Crippen molar-refractivity contribution in [3.8, 4) is 0 Å². The van der Waals surface area contributed by atoms with Gasteiger partial charge in [-0.2, -0.15) is 0 Å². The Morgan fingerprint density at radius 2 is 0.598 bits per heavy atom. The lowest BCUT2D eigenvalue weighted by atomic mass is 9.98. The zero-order valence-corrected chi connectivity index (χ0v) is 58.3. The van der Waals surface area contributed by atoms with E-state index in [9.17, 15) is 30.6 Å². The molecule has 6 heterocycles. The third-order valence-corrected chi connectivity index (χ3v) is 15.8. The molecule has 0 aliphatic carbocycles. The zero-order chi connectivity index (χ0) is 69.8. The lowest BCUT2D eigenvalue weighted by molar-refractivity contribution is -0.301. The van der Waals surface area contributed by atoms with E-state index in [1.54, 1.807) is 84.3 Å².